The molecule has 30 heavy (non-hydrogen) atoms. The quantitative estimate of drug-likeness (QED) is 0.671. The van der Waals surface area contributed by atoms with Crippen LogP contribution in [0.15, 0.2) is 6.07 Å². The molecule has 3 saturated heterocycles. The number of piperidine rings is 3. The van der Waals surface area contributed by atoms with Gasteiger partial charge in [-0.1, -0.05) is 0 Å². The Hall–Kier alpha value is -2.62. The van der Waals surface area contributed by atoms with Crippen molar-refractivity contribution in [1.29, 1.82) is 0 Å². The van der Waals surface area contributed by atoms with Gasteiger partial charge in [-0.15, -0.1) is 0 Å². The number of carbonyl (C=O) groups excluding carboxylic acids is 1. The second-order valence-electron chi connectivity index (χ2n) is 8.48. The van der Waals surface area contributed by atoms with Gasteiger partial charge in [0.1, 0.15) is 5.82 Å². The second-order valence-corrected chi connectivity index (χ2v) is 8.48. The van der Waals surface area contributed by atoms with Gasteiger partial charge in [-0.25, -0.2) is 0 Å². The minimum absolute atomic E-state index is 0.236. The number of nitrogens with two attached hydrogens (primary N) is 1. The van der Waals surface area contributed by atoms with E-state index >= 15 is 0 Å². The standard InChI is InChI=1S/C19H30N6O2.CH2O2/c1-23(2)11-15-13-7-12(14-5-4-6-18(26)25(14)15)9-24(10-13)16-8-17(27-3)22-19(20)21-16;2-1-3/h8,12-15H,4-7,9-11H2,1-3H3,(H2,20,21,22);1H,(H,2,3)/t12-,13+,14+,15+;/m1./s1. The van der Waals surface area contributed by atoms with Gasteiger partial charge in [-0.2, -0.15) is 9.97 Å². The maximum absolute atomic E-state index is 12.8. The van der Waals surface area contributed by atoms with Crippen LogP contribution < -0.4 is 15.4 Å². The van der Waals surface area contributed by atoms with E-state index in [2.05, 4.69) is 38.8 Å². The number of carbonyl (C=O) groups is 2. The Balaban J connectivity index is 0.000000806. The van der Waals surface area contributed by atoms with Gasteiger partial charge in [-0.3, -0.25) is 9.59 Å². The number of aromatic nitrogens is 2. The number of likely N-dealkylation sites (N-methyl/N-ethyl adjacent to an activating group) is 1. The van der Waals surface area contributed by atoms with E-state index < -0.39 is 0 Å². The molecule has 10 nitrogen and oxygen atoms in total. The van der Waals surface area contributed by atoms with Crippen molar-refractivity contribution >= 4 is 24.1 Å². The zero-order valence-corrected chi connectivity index (χ0v) is 17.9. The first-order valence-corrected chi connectivity index (χ1v) is 10.3. The number of amides is 1. The largest absolute Gasteiger partial charge is 0.483 e. The maximum atomic E-state index is 12.8. The maximum Gasteiger partial charge on any atom is 0.290 e. The van der Waals surface area contributed by atoms with Crippen LogP contribution in [0.4, 0.5) is 11.8 Å². The van der Waals surface area contributed by atoms with Crippen molar-refractivity contribution in [3.63, 3.8) is 0 Å². The Labute approximate surface area is 177 Å². The van der Waals surface area contributed by atoms with Crippen molar-refractivity contribution in [2.45, 2.75) is 37.8 Å². The first-order chi connectivity index (χ1) is 14.4. The lowest BCUT2D eigenvalue weighted by molar-refractivity contribution is -0.149. The lowest BCUT2D eigenvalue weighted by atomic mass is 9.72. The van der Waals surface area contributed by atoms with Gasteiger partial charge in [0.25, 0.3) is 6.47 Å². The number of anilines is 2. The van der Waals surface area contributed by atoms with Crippen molar-refractivity contribution in [2.75, 3.05) is 51.5 Å². The van der Waals surface area contributed by atoms with E-state index in [0.29, 0.717) is 36.1 Å². The normalized spacial score (nSPS) is 27.8. The molecule has 0 aliphatic carbocycles. The number of carboxylic acid groups (broad SMARTS) is 1. The highest BCUT2D eigenvalue weighted by Crippen LogP contribution is 2.42. The zero-order chi connectivity index (χ0) is 21.8. The molecule has 0 unspecified atom stereocenters. The van der Waals surface area contributed by atoms with Gasteiger partial charge in [-0.05, 0) is 45.2 Å². The highest BCUT2D eigenvalue weighted by atomic mass is 16.5. The molecule has 3 aliphatic rings. The fraction of sp³-hybridized carbons (Fsp3) is 0.700. The number of fused-ring (bicyclic) bond motifs is 4. The first-order valence-electron chi connectivity index (χ1n) is 10.3. The van der Waals surface area contributed by atoms with E-state index in [4.69, 9.17) is 20.4 Å². The number of hydrogen-bond donors (Lipinski definition) is 2. The molecule has 4 atom stereocenters. The number of rotatable bonds is 4. The van der Waals surface area contributed by atoms with E-state index in [9.17, 15) is 4.79 Å². The lowest BCUT2D eigenvalue weighted by Crippen LogP contribution is -2.67. The highest BCUT2D eigenvalue weighted by Gasteiger charge is 2.49. The monoisotopic (exact) mass is 420 g/mol. The third-order valence-electron chi connectivity index (χ3n) is 6.29. The summed E-state index contributed by atoms with van der Waals surface area (Å²) in [5.41, 5.74) is 5.89. The average molecular weight is 421 g/mol. The van der Waals surface area contributed by atoms with Crippen LogP contribution in [0.1, 0.15) is 25.7 Å². The molecule has 1 amide bonds. The van der Waals surface area contributed by atoms with E-state index in [-0.39, 0.29) is 18.5 Å². The molecule has 1 aromatic heterocycles. The summed E-state index contributed by atoms with van der Waals surface area (Å²) < 4.78 is 5.28. The van der Waals surface area contributed by atoms with Crippen LogP contribution in [-0.4, -0.2) is 90.2 Å². The summed E-state index contributed by atoms with van der Waals surface area (Å²) in [5.74, 6) is 2.81. The summed E-state index contributed by atoms with van der Waals surface area (Å²) >= 11 is 0. The molecule has 1 aromatic rings. The molecular formula is C20H32N6O4. The fourth-order valence-corrected chi connectivity index (χ4v) is 5.27. The molecule has 3 N–H and O–H groups in total. The molecule has 4 heterocycles. The molecule has 3 fully saturated rings. The molecule has 4 rings (SSSR count). The van der Waals surface area contributed by atoms with Gasteiger partial charge >= 0.3 is 0 Å². The summed E-state index contributed by atoms with van der Waals surface area (Å²) in [5, 5.41) is 6.89. The zero-order valence-electron chi connectivity index (χ0n) is 17.9. The molecule has 166 valence electrons. The topological polar surface area (TPSA) is 125 Å². The van der Waals surface area contributed by atoms with Crippen LogP contribution in [0.2, 0.25) is 0 Å². The fourth-order valence-electron chi connectivity index (χ4n) is 5.27. The molecule has 3 aliphatic heterocycles. The van der Waals surface area contributed by atoms with Crippen LogP contribution in [0.25, 0.3) is 0 Å². The second kappa shape index (κ2) is 9.46. The van der Waals surface area contributed by atoms with Crippen molar-refractivity contribution in [1.82, 2.24) is 19.8 Å². The highest BCUT2D eigenvalue weighted by molar-refractivity contribution is 5.78. The smallest absolute Gasteiger partial charge is 0.290 e. The van der Waals surface area contributed by atoms with Crippen molar-refractivity contribution in [3.05, 3.63) is 6.07 Å². The minimum atomic E-state index is -0.250. The first kappa shape index (κ1) is 22.1. The predicted molar refractivity (Wildman–Crippen MR) is 112 cm³/mol. The molecule has 0 saturated carbocycles. The van der Waals surface area contributed by atoms with Gasteiger partial charge in [0.2, 0.25) is 17.7 Å². The van der Waals surface area contributed by atoms with Crippen molar-refractivity contribution in [2.24, 2.45) is 11.8 Å². The minimum Gasteiger partial charge on any atom is -0.483 e. The van der Waals surface area contributed by atoms with Crippen LogP contribution in [-0.2, 0) is 9.59 Å². The number of hydrogen-bond acceptors (Lipinski definition) is 8. The van der Waals surface area contributed by atoms with E-state index in [1.54, 1.807) is 7.11 Å². The number of ether oxygens (including phenoxy) is 1. The predicted octanol–water partition coefficient (Wildman–Crippen LogP) is 0.536. The molecule has 0 spiro atoms. The summed E-state index contributed by atoms with van der Waals surface area (Å²) in [6.45, 7) is 2.44. The van der Waals surface area contributed by atoms with Crippen LogP contribution in [0.3, 0.4) is 0 Å². The van der Waals surface area contributed by atoms with Crippen molar-refractivity contribution < 1.29 is 19.4 Å². The SMILES string of the molecule is COc1cc(N2C[C@H]3C[C@@H](C2)[C@H](CN(C)C)N2C(=O)CCC[C@@H]32)nc(N)n1.O=CO. The molecule has 10 heteroatoms. The third kappa shape index (κ3) is 4.58. The molecule has 2 bridgehead atoms. The van der Waals surface area contributed by atoms with E-state index in [1.165, 1.54) is 6.42 Å². The van der Waals surface area contributed by atoms with Gasteiger partial charge in [0, 0.05) is 44.2 Å². The van der Waals surface area contributed by atoms with E-state index in [0.717, 1.165) is 38.3 Å². The van der Waals surface area contributed by atoms with Crippen LogP contribution in [0.5, 0.6) is 5.88 Å². The third-order valence-corrected chi connectivity index (χ3v) is 6.29. The molecule has 0 radical (unpaired) electrons. The van der Waals surface area contributed by atoms with E-state index in [1.807, 2.05) is 6.07 Å². The van der Waals surface area contributed by atoms with Crippen LogP contribution >= 0.6 is 0 Å². The number of nitrogens with zero attached hydrogens (tertiary/aromatic N) is 5. The lowest BCUT2D eigenvalue weighted by Gasteiger charge is -2.57. The Morgan fingerprint density at radius 2 is 2.03 bits per heavy atom. The molecular weight excluding hydrogens is 388 g/mol. The summed E-state index contributed by atoms with van der Waals surface area (Å²) in [4.78, 5) is 36.5. The summed E-state index contributed by atoms with van der Waals surface area (Å²) in [7, 11) is 5.77. The number of methoxy groups -OCH3 is 1. The van der Waals surface area contributed by atoms with Gasteiger partial charge < -0.3 is 30.3 Å². The Morgan fingerprint density at radius 3 is 2.70 bits per heavy atom. The van der Waals surface area contributed by atoms with Gasteiger partial charge in [0.15, 0.2) is 0 Å². The Morgan fingerprint density at radius 1 is 1.33 bits per heavy atom. The summed E-state index contributed by atoms with van der Waals surface area (Å²) in [6, 6.07) is 2.47. The Kier molecular flexibility index (Phi) is 6.96. The number of nitrogen functional groups attached to an aromatic ring is 1. The van der Waals surface area contributed by atoms with Crippen molar-refractivity contribution in [3.8, 4) is 5.88 Å². The Bertz CT molecular complexity index is 761. The van der Waals surface area contributed by atoms with Crippen LogP contribution in [0, 0.1) is 11.8 Å². The summed E-state index contributed by atoms with van der Waals surface area (Å²) in [6.07, 6.45) is 3.99. The molecule has 0 aromatic carbocycles. The average Bonchev–Trinajstić information content (AvgIpc) is 2.71. The van der Waals surface area contributed by atoms with Gasteiger partial charge in [0.05, 0.1) is 7.11 Å².